The molecule has 2 N–H and O–H groups in total. The molecule has 1 aliphatic heterocycles. The molecule has 0 radical (unpaired) electrons. The van der Waals surface area contributed by atoms with E-state index >= 15 is 0 Å². The second-order valence-electron chi connectivity index (χ2n) is 11.1. The molecule has 0 saturated heterocycles. The Morgan fingerprint density at radius 2 is 1.62 bits per heavy atom. The number of amides is 3. The Morgan fingerprint density at radius 1 is 0.956 bits per heavy atom. The van der Waals surface area contributed by atoms with Crippen LogP contribution in [0.3, 0.4) is 0 Å². The number of rotatable bonds is 8. The minimum atomic E-state index is -1.09. The molecule has 1 aliphatic rings. The van der Waals surface area contributed by atoms with E-state index in [2.05, 4.69) is 26.6 Å². The summed E-state index contributed by atoms with van der Waals surface area (Å²) in [6, 6.07) is 21.0. The zero-order valence-corrected chi connectivity index (χ0v) is 27.3. The van der Waals surface area contributed by atoms with Gasteiger partial charge in [0.2, 0.25) is 5.91 Å². The average molecular weight is 672 g/mol. The third-order valence-electron chi connectivity index (χ3n) is 8.32. The number of likely N-dealkylation sites (N-methyl/N-ethyl adjacent to an activating group) is 1. The lowest BCUT2D eigenvalue weighted by Gasteiger charge is -2.32. The third kappa shape index (κ3) is 6.21. The number of nitrogens with one attached hydrogen (secondary N) is 2. The van der Waals surface area contributed by atoms with Crippen LogP contribution in [0.2, 0.25) is 0 Å². The molecule has 0 saturated carbocycles. The van der Waals surface area contributed by atoms with Crippen molar-refractivity contribution in [2.75, 3.05) is 24.0 Å². The van der Waals surface area contributed by atoms with Crippen LogP contribution >= 0.6 is 15.9 Å². The van der Waals surface area contributed by atoms with Crippen LogP contribution in [0, 0.1) is 0 Å². The van der Waals surface area contributed by atoms with Crippen LogP contribution in [0.5, 0.6) is 5.75 Å². The predicted molar refractivity (Wildman–Crippen MR) is 179 cm³/mol. The molecule has 4 aromatic carbocycles. The number of methoxy groups -OCH3 is 1. The zero-order valence-electron chi connectivity index (χ0n) is 25.8. The van der Waals surface area contributed by atoms with Crippen molar-refractivity contribution in [2.45, 2.75) is 45.4 Å². The molecule has 3 atom stereocenters. The monoisotopic (exact) mass is 670 g/mol. The number of Topliss-reactive ketones (excluding diaryl/α,β-unsaturated/α-hetero) is 1. The van der Waals surface area contributed by atoms with Gasteiger partial charge in [-0.2, -0.15) is 0 Å². The van der Waals surface area contributed by atoms with Crippen LogP contribution in [-0.4, -0.2) is 55.8 Å². The minimum Gasteiger partial charge on any atom is -0.496 e. The van der Waals surface area contributed by atoms with Crippen molar-refractivity contribution in [3.05, 3.63) is 100 Å². The van der Waals surface area contributed by atoms with E-state index in [0.717, 1.165) is 20.8 Å². The summed E-state index contributed by atoms with van der Waals surface area (Å²) in [6.45, 7) is 5.04. The fourth-order valence-corrected chi connectivity index (χ4v) is 6.03. The number of ether oxygens (including phenoxy) is 1. The molecule has 9 nitrogen and oxygen atoms in total. The lowest BCUT2D eigenvalue weighted by Crippen LogP contribution is -2.59. The number of nitrogens with zero attached hydrogens (tertiary/aromatic N) is 2. The van der Waals surface area contributed by atoms with Gasteiger partial charge in [-0.25, -0.2) is 0 Å². The van der Waals surface area contributed by atoms with E-state index in [4.69, 9.17) is 4.74 Å². The lowest BCUT2D eigenvalue weighted by molar-refractivity contribution is -0.128. The van der Waals surface area contributed by atoms with E-state index in [1.165, 1.54) is 6.92 Å². The SMILES string of the molecule is CNC(C)C(=O)N[C@@H]1C(=O)N(Cc2c(OC)ccc3cc(Br)ccc23)c2ccccc2N(C(=O)c2ccc(C(C)=O)cc2)[C@H]1C. The number of hydrogen-bond acceptors (Lipinski definition) is 6. The topological polar surface area (TPSA) is 108 Å². The second kappa shape index (κ2) is 13.2. The van der Waals surface area contributed by atoms with E-state index < -0.39 is 18.1 Å². The fourth-order valence-electron chi connectivity index (χ4n) is 5.65. The Morgan fingerprint density at radius 3 is 2.27 bits per heavy atom. The van der Waals surface area contributed by atoms with Gasteiger partial charge >= 0.3 is 0 Å². The van der Waals surface area contributed by atoms with E-state index in [0.29, 0.717) is 28.3 Å². The van der Waals surface area contributed by atoms with Crippen LogP contribution in [0.1, 0.15) is 47.1 Å². The van der Waals surface area contributed by atoms with Crippen molar-refractivity contribution in [3.8, 4) is 5.75 Å². The van der Waals surface area contributed by atoms with E-state index in [-0.39, 0.29) is 30.0 Å². The summed E-state index contributed by atoms with van der Waals surface area (Å²) in [4.78, 5) is 57.2. The molecule has 5 rings (SSSR count). The number of carbonyl (C=O) groups excluding carboxylic acids is 4. The summed E-state index contributed by atoms with van der Waals surface area (Å²) < 4.78 is 6.69. The molecule has 0 bridgehead atoms. The summed E-state index contributed by atoms with van der Waals surface area (Å²) in [6.07, 6.45) is 0. The highest BCUT2D eigenvalue weighted by Gasteiger charge is 2.43. The van der Waals surface area contributed by atoms with Crippen molar-refractivity contribution < 1.29 is 23.9 Å². The highest BCUT2D eigenvalue weighted by atomic mass is 79.9. The molecule has 232 valence electrons. The van der Waals surface area contributed by atoms with Gasteiger partial charge in [0.1, 0.15) is 11.8 Å². The van der Waals surface area contributed by atoms with Crippen LogP contribution in [0.4, 0.5) is 11.4 Å². The summed E-state index contributed by atoms with van der Waals surface area (Å²) in [5, 5.41) is 7.71. The summed E-state index contributed by atoms with van der Waals surface area (Å²) in [5.41, 5.74) is 2.64. The first-order chi connectivity index (χ1) is 21.5. The van der Waals surface area contributed by atoms with Crippen molar-refractivity contribution in [1.29, 1.82) is 0 Å². The van der Waals surface area contributed by atoms with E-state index in [1.54, 1.807) is 74.2 Å². The number of benzene rings is 4. The lowest BCUT2D eigenvalue weighted by atomic mass is 10.0. The van der Waals surface area contributed by atoms with Gasteiger partial charge in [0, 0.05) is 21.2 Å². The predicted octanol–water partition coefficient (Wildman–Crippen LogP) is 5.49. The van der Waals surface area contributed by atoms with Gasteiger partial charge in [0.05, 0.1) is 37.1 Å². The van der Waals surface area contributed by atoms with Gasteiger partial charge < -0.3 is 25.2 Å². The molecule has 0 aromatic heterocycles. The van der Waals surface area contributed by atoms with Crippen LogP contribution in [0.25, 0.3) is 10.8 Å². The van der Waals surface area contributed by atoms with Crippen LogP contribution in [-0.2, 0) is 16.1 Å². The number of ketones is 1. The molecule has 45 heavy (non-hydrogen) atoms. The Hall–Kier alpha value is -4.54. The first-order valence-electron chi connectivity index (χ1n) is 14.6. The van der Waals surface area contributed by atoms with E-state index in [9.17, 15) is 19.2 Å². The quantitative estimate of drug-likeness (QED) is 0.240. The largest absolute Gasteiger partial charge is 0.496 e. The van der Waals surface area contributed by atoms with Gasteiger partial charge in [-0.1, -0.05) is 52.3 Å². The van der Waals surface area contributed by atoms with Gasteiger partial charge in [-0.05, 0) is 81.1 Å². The second-order valence-corrected chi connectivity index (χ2v) is 12.0. The van der Waals surface area contributed by atoms with Crippen molar-refractivity contribution in [3.63, 3.8) is 0 Å². The van der Waals surface area contributed by atoms with Crippen molar-refractivity contribution >= 4 is 61.6 Å². The van der Waals surface area contributed by atoms with Gasteiger partial charge in [-0.15, -0.1) is 0 Å². The average Bonchev–Trinajstić information content (AvgIpc) is 3.12. The number of anilines is 2. The normalized spacial score (nSPS) is 17.0. The molecular formula is C35H35BrN4O5. The van der Waals surface area contributed by atoms with Gasteiger partial charge in [0.25, 0.3) is 11.8 Å². The highest BCUT2D eigenvalue weighted by Crippen LogP contribution is 2.39. The number of fused-ring (bicyclic) bond motifs is 2. The van der Waals surface area contributed by atoms with Gasteiger partial charge in [-0.3, -0.25) is 19.2 Å². The minimum absolute atomic E-state index is 0.110. The first-order valence-corrected chi connectivity index (χ1v) is 15.4. The molecule has 0 spiro atoms. The van der Waals surface area contributed by atoms with Crippen molar-refractivity contribution in [2.24, 2.45) is 0 Å². The number of hydrogen-bond donors (Lipinski definition) is 2. The summed E-state index contributed by atoms with van der Waals surface area (Å²) in [7, 11) is 3.25. The summed E-state index contributed by atoms with van der Waals surface area (Å²) in [5.74, 6) is -0.616. The van der Waals surface area contributed by atoms with Gasteiger partial charge in [0.15, 0.2) is 5.78 Å². The zero-order chi connectivity index (χ0) is 32.4. The van der Waals surface area contributed by atoms with Crippen molar-refractivity contribution in [1.82, 2.24) is 10.6 Å². The Balaban J connectivity index is 1.68. The molecule has 3 amide bonds. The maximum absolute atomic E-state index is 14.7. The standard InChI is InChI=1S/C35H35BrN4O5/c1-20(37-4)33(42)38-32-21(2)40(34(43)24-12-10-23(11-13-24)22(3)41)30-9-7-6-8-29(30)39(35(32)44)19-28-27-16-15-26(36)18-25(27)14-17-31(28)45-5/h6-18,20-21,32,37H,19H2,1-5H3,(H,38,42)/t20?,21-,32-/m0/s1. The Labute approximate surface area is 270 Å². The molecule has 0 aliphatic carbocycles. The highest BCUT2D eigenvalue weighted by molar-refractivity contribution is 9.10. The Bertz CT molecular complexity index is 1790. The molecular weight excluding hydrogens is 636 g/mol. The Kier molecular flexibility index (Phi) is 9.36. The maximum atomic E-state index is 14.7. The molecule has 4 aromatic rings. The number of para-hydroxylation sites is 2. The number of carbonyl (C=O) groups is 4. The maximum Gasteiger partial charge on any atom is 0.258 e. The molecule has 10 heteroatoms. The molecule has 1 heterocycles. The van der Waals surface area contributed by atoms with Crippen LogP contribution in [0.15, 0.2) is 83.3 Å². The molecule has 0 fully saturated rings. The third-order valence-corrected chi connectivity index (χ3v) is 8.81. The summed E-state index contributed by atoms with van der Waals surface area (Å²) >= 11 is 3.54. The fraction of sp³-hybridized carbons (Fsp3) is 0.257. The molecule has 1 unspecified atom stereocenters. The number of halogens is 1. The van der Waals surface area contributed by atoms with E-state index in [1.807, 2.05) is 42.5 Å². The van der Waals surface area contributed by atoms with Crippen LogP contribution < -0.4 is 25.2 Å². The smallest absolute Gasteiger partial charge is 0.258 e. The first kappa shape index (κ1) is 31.9.